The number of ether oxygens (including phenoxy) is 1. The van der Waals surface area contributed by atoms with Crippen LogP contribution in [0.5, 0.6) is 5.75 Å². The highest BCUT2D eigenvalue weighted by Crippen LogP contribution is 2.32. The molecule has 3 aromatic carbocycles. The van der Waals surface area contributed by atoms with Crippen molar-refractivity contribution in [1.82, 2.24) is 14.8 Å². The van der Waals surface area contributed by atoms with Gasteiger partial charge in [-0.3, -0.25) is 4.57 Å². The molecule has 4 aromatic rings. The van der Waals surface area contributed by atoms with E-state index in [9.17, 15) is 0 Å². The van der Waals surface area contributed by atoms with Gasteiger partial charge in [-0.05, 0) is 48.9 Å². The van der Waals surface area contributed by atoms with Gasteiger partial charge in [-0.15, -0.1) is 10.2 Å². The SMILES string of the molecule is COc1ccc(-n2c(SCc3ccccc3Cl)nnc2-c2cccc(C)c2)cc1. The number of hydrogen-bond acceptors (Lipinski definition) is 4. The van der Waals surface area contributed by atoms with E-state index in [2.05, 4.69) is 39.9 Å². The highest BCUT2D eigenvalue weighted by Gasteiger charge is 2.17. The molecule has 0 aliphatic rings. The second-order valence-electron chi connectivity index (χ2n) is 6.59. The van der Waals surface area contributed by atoms with Gasteiger partial charge >= 0.3 is 0 Å². The van der Waals surface area contributed by atoms with Crippen LogP contribution in [0.1, 0.15) is 11.1 Å². The molecule has 0 saturated heterocycles. The number of aryl methyl sites for hydroxylation is 1. The van der Waals surface area contributed by atoms with Crippen molar-refractivity contribution in [1.29, 1.82) is 0 Å². The summed E-state index contributed by atoms with van der Waals surface area (Å²) < 4.78 is 7.38. The largest absolute Gasteiger partial charge is 0.497 e. The molecule has 0 spiro atoms. The van der Waals surface area contributed by atoms with Crippen LogP contribution in [0.25, 0.3) is 17.1 Å². The number of thioether (sulfide) groups is 1. The van der Waals surface area contributed by atoms with Gasteiger partial charge in [-0.1, -0.05) is 65.3 Å². The third-order valence-electron chi connectivity index (χ3n) is 4.55. The van der Waals surface area contributed by atoms with Crippen molar-refractivity contribution in [3.05, 3.63) is 88.9 Å². The Kier molecular flexibility index (Phi) is 5.88. The van der Waals surface area contributed by atoms with Gasteiger partial charge in [0.15, 0.2) is 11.0 Å². The van der Waals surface area contributed by atoms with Crippen LogP contribution < -0.4 is 4.74 Å². The second kappa shape index (κ2) is 8.72. The first-order valence-electron chi connectivity index (χ1n) is 9.19. The third-order valence-corrected chi connectivity index (χ3v) is 5.90. The maximum absolute atomic E-state index is 6.33. The molecule has 29 heavy (non-hydrogen) atoms. The Bertz CT molecular complexity index is 1130. The Hall–Kier alpha value is -2.76. The van der Waals surface area contributed by atoms with Crippen molar-refractivity contribution >= 4 is 23.4 Å². The number of hydrogen-bond donors (Lipinski definition) is 0. The molecule has 0 radical (unpaired) electrons. The number of rotatable bonds is 6. The van der Waals surface area contributed by atoms with Crippen LogP contribution >= 0.6 is 23.4 Å². The summed E-state index contributed by atoms with van der Waals surface area (Å²) in [7, 11) is 1.66. The first kappa shape index (κ1) is 19.6. The monoisotopic (exact) mass is 421 g/mol. The molecule has 4 nitrogen and oxygen atoms in total. The Balaban J connectivity index is 1.75. The summed E-state index contributed by atoms with van der Waals surface area (Å²) in [6.45, 7) is 2.07. The molecule has 0 unspecified atom stereocenters. The summed E-state index contributed by atoms with van der Waals surface area (Å²) >= 11 is 7.94. The van der Waals surface area contributed by atoms with Crippen LogP contribution in [0.3, 0.4) is 0 Å². The lowest BCUT2D eigenvalue weighted by molar-refractivity contribution is 0.414. The van der Waals surface area contributed by atoms with Crippen molar-refractivity contribution in [2.75, 3.05) is 7.11 Å². The van der Waals surface area contributed by atoms with Gasteiger partial charge in [0.2, 0.25) is 0 Å². The summed E-state index contributed by atoms with van der Waals surface area (Å²) in [6, 6.07) is 24.1. The van der Waals surface area contributed by atoms with Crippen LogP contribution in [0.2, 0.25) is 5.02 Å². The number of halogens is 1. The van der Waals surface area contributed by atoms with E-state index in [4.69, 9.17) is 16.3 Å². The molecule has 146 valence electrons. The van der Waals surface area contributed by atoms with Gasteiger partial charge < -0.3 is 4.74 Å². The van der Waals surface area contributed by atoms with E-state index >= 15 is 0 Å². The van der Waals surface area contributed by atoms with Crippen molar-refractivity contribution in [2.45, 2.75) is 17.8 Å². The molecule has 0 aliphatic heterocycles. The van der Waals surface area contributed by atoms with Crippen LogP contribution in [-0.2, 0) is 5.75 Å². The van der Waals surface area contributed by atoms with E-state index in [1.807, 2.05) is 54.6 Å². The molecule has 0 bridgehead atoms. The predicted octanol–water partition coefficient (Wildman–Crippen LogP) is 6.20. The van der Waals surface area contributed by atoms with Crippen LogP contribution in [0.15, 0.2) is 78.0 Å². The molecule has 4 rings (SSSR count). The van der Waals surface area contributed by atoms with Crippen molar-refractivity contribution in [2.24, 2.45) is 0 Å². The number of methoxy groups -OCH3 is 1. The second-order valence-corrected chi connectivity index (χ2v) is 7.94. The molecule has 6 heteroatoms. The predicted molar refractivity (Wildman–Crippen MR) is 119 cm³/mol. The standard InChI is InChI=1S/C23H20ClN3OS/c1-16-6-5-8-17(14-16)22-25-26-23(29-15-18-7-3-4-9-21(18)24)27(22)19-10-12-20(28-2)13-11-19/h3-14H,15H2,1-2H3. The summed E-state index contributed by atoms with van der Waals surface area (Å²) in [5, 5.41) is 10.6. The van der Waals surface area contributed by atoms with Crippen LogP contribution in [-0.4, -0.2) is 21.9 Å². The van der Waals surface area contributed by atoms with Gasteiger partial charge in [-0.25, -0.2) is 0 Å². The van der Waals surface area contributed by atoms with E-state index in [0.29, 0.717) is 5.75 Å². The molecule has 0 saturated carbocycles. The van der Waals surface area contributed by atoms with E-state index in [1.54, 1.807) is 18.9 Å². The van der Waals surface area contributed by atoms with Crippen molar-refractivity contribution in [3.8, 4) is 22.8 Å². The van der Waals surface area contributed by atoms with Gasteiger partial charge in [0, 0.05) is 22.0 Å². The maximum Gasteiger partial charge on any atom is 0.196 e. The third kappa shape index (κ3) is 4.31. The molecule has 0 fully saturated rings. The van der Waals surface area contributed by atoms with E-state index in [0.717, 1.165) is 38.6 Å². The van der Waals surface area contributed by atoms with Gasteiger partial charge in [0.05, 0.1) is 7.11 Å². The Morgan fingerprint density at radius 1 is 0.966 bits per heavy atom. The van der Waals surface area contributed by atoms with E-state index in [1.165, 1.54) is 5.56 Å². The Labute approximate surface area is 179 Å². The molecule has 0 amide bonds. The van der Waals surface area contributed by atoms with Gasteiger partial charge in [-0.2, -0.15) is 0 Å². The normalized spacial score (nSPS) is 10.9. The highest BCUT2D eigenvalue weighted by molar-refractivity contribution is 7.98. The lowest BCUT2D eigenvalue weighted by Gasteiger charge is -2.12. The van der Waals surface area contributed by atoms with Gasteiger partial charge in [0.1, 0.15) is 5.75 Å². The summed E-state index contributed by atoms with van der Waals surface area (Å²) in [5.74, 6) is 2.33. The van der Waals surface area contributed by atoms with E-state index < -0.39 is 0 Å². The Morgan fingerprint density at radius 3 is 2.48 bits per heavy atom. The summed E-state index contributed by atoms with van der Waals surface area (Å²) in [5.41, 5.74) is 4.25. The molecular weight excluding hydrogens is 402 g/mol. The Morgan fingerprint density at radius 2 is 1.76 bits per heavy atom. The fourth-order valence-corrected chi connectivity index (χ4v) is 4.29. The first-order chi connectivity index (χ1) is 14.2. The molecule has 0 atom stereocenters. The first-order valence-corrected chi connectivity index (χ1v) is 10.5. The topological polar surface area (TPSA) is 39.9 Å². The molecule has 1 heterocycles. The number of nitrogens with zero attached hydrogens (tertiary/aromatic N) is 3. The lowest BCUT2D eigenvalue weighted by Crippen LogP contribution is -2.00. The average Bonchev–Trinajstić information content (AvgIpc) is 3.17. The zero-order chi connectivity index (χ0) is 20.2. The van der Waals surface area contributed by atoms with Crippen LogP contribution in [0.4, 0.5) is 0 Å². The zero-order valence-electron chi connectivity index (χ0n) is 16.2. The molecule has 0 aliphatic carbocycles. The zero-order valence-corrected chi connectivity index (χ0v) is 17.7. The van der Waals surface area contributed by atoms with Crippen molar-refractivity contribution < 1.29 is 4.74 Å². The average molecular weight is 422 g/mol. The molecule has 0 N–H and O–H groups in total. The maximum atomic E-state index is 6.33. The van der Waals surface area contributed by atoms with Crippen molar-refractivity contribution in [3.63, 3.8) is 0 Å². The summed E-state index contributed by atoms with van der Waals surface area (Å²) in [4.78, 5) is 0. The number of benzene rings is 3. The van der Waals surface area contributed by atoms with Crippen LogP contribution in [0, 0.1) is 6.92 Å². The van der Waals surface area contributed by atoms with E-state index in [-0.39, 0.29) is 0 Å². The van der Waals surface area contributed by atoms with Gasteiger partial charge in [0.25, 0.3) is 0 Å². The minimum atomic E-state index is 0.710. The highest BCUT2D eigenvalue weighted by atomic mass is 35.5. The smallest absolute Gasteiger partial charge is 0.196 e. The fourth-order valence-electron chi connectivity index (χ4n) is 3.06. The molecule has 1 aromatic heterocycles. The minimum Gasteiger partial charge on any atom is -0.497 e. The lowest BCUT2D eigenvalue weighted by atomic mass is 10.1. The number of aromatic nitrogens is 3. The summed E-state index contributed by atoms with van der Waals surface area (Å²) in [6.07, 6.45) is 0. The fraction of sp³-hybridized carbons (Fsp3) is 0.130. The minimum absolute atomic E-state index is 0.710. The quantitative estimate of drug-likeness (QED) is 0.347. The molecular formula is C23H20ClN3OS.